The third kappa shape index (κ3) is 3.69. The van der Waals surface area contributed by atoms with Crippen LogP contribution in [0.2, 0.25) is 0 Å². The van der Waals surface area contributed by atoms with E-state index in [2.05, 4.69) is 43.3 Å². The van der Waals surface area contributed by atoms with E-state index in [0.29, 0.717) is 13.2 Å². The highest BCUT2D eigenvalue weighted by Crippen LogP contribution is 2.00. The van der Waals surface area contributed by atoms with E-state index in [1.54, 1.807) is 0 Å². The fourth-order valence-electron chi connectivity index (χ4n) is 2.17. The summed E-state index contributed by atoms with van der Waals surface area (Å²) in [5, 5.41) is 0. The number of rotatable bonds is 6. The zero-order chi connectivity index (χ0) is 13.5. The van der Waals surface area contributed by atoms with Gasteiger partial charge in [0.1, 0.15) is 0 Å². The average Bonchev–Trinajstić information content (AvgIpc) is 2.49. The van der Waals surface area contributed by atoms with Crippen molar-refractivity contribution in [3.8, 4) is 0 Å². The van der Waals surface area contributed by atoms with Gasteiger partial charge in [-0.25, -0.2) is 0 Å². The van der Waals surface area contributed by atoms with Crippen LogP contribution >= 0.6 is 0 Å². The number of aryl methyl sites for hydroxylation is 1. The number of hydrogen-bond donors (Lipinski definition) is 1. The first-order valence-electron chi connectivity index (χ1n) is 6.80. The molecule has 2 aromatic carbocycles. The summed E-state index contributed by atoms with van der Waals surface area (Å²) in [6.45, 7) is 3.24. The Bertz CT molecular complexity index is 501. The van der Waals surface area contributed by atoms with Gasteiger partial charge < -0.3 is 10.4 Å². The molecular weight excluding hydrogens is 233 g/mol. The lowest BCUT2D eigenvalue weighted by Crippen LogP contribution is -2.45. The SMILES string of the molecule is CCc1cccc(B(OCCN)c2ccccc2)c1. The Morgan fingerprint density at radius 1 is 1.00 bits per heavy atom. The average molecular weight is 253 g/mol. The molecule has 0 saturated carbocycles. The highest BCUT2D eigenvalue weighted by molar-refractivity contribution is 6.80. The van der Waals surface area contributed by atoms with E-state index in [4.69, 9.17) is 10.4 Å². The highest BCUT2D eigenvalue weighted by atomic mass is 16.4. The molecular formula is C16H20BNO. The molecule has 0 aliphatic rings. The fourth-order valence-corrected chi connectivity index (χ4v) is 2.17. The predicted octanol–water partition coefficient (Wildman–Crippen LogP) is 1.33. The van der Waals surface area contributed by atoms with E-state index in [1.807, 2.05) is 18.2 Å². The van der Waals surface area contributed by atoms with E-state index < -0.39 is 0 Å². The van der Waals surface area contributed by atoms with Gasteiger partial charge >= 0.3 is 6.92 Å². The van der Waals surface area contributed by atoms with Gasteiger partial charge in [-0.1, -0.05) is 61.5 Å². The summed E-state index contributed by atoms with van der Waals surface area (Å²) in [5.74, 6) is 0. The van der Waals surface area contributed by atoms with Crippen LogP contribution in [0.3, 0.4) is 0 Å². The van der Waals surface area contributed by atoms with Crippen molar-refractivity contribution >= 4 is 17.8 Å². The molecule has 98 valence electrons. The molecule has 2 N–H and O–H groups in total. The lowest BCUT2D eigenvalue weighted by molar-refractivity contribution is 0.344. The minimum Gasteiger partial charge on any atom is -0.426 e. The lowest BCUT2D eigenvalue weighted by Gasteiger charge is -2.15. The summed E-state index contributed by atoms with van der Waals surface area (Å²) >= 11 is 0. The molecule has 2 nitrogen and oxygen atoms in total. The monoisotopic (exact) mass is 253 g/mol. The molecule has 2 rings (SSSR count). The van der Waals surface area contributed by atoms with Gasteiger partial charge in [-0.2, -0.15) is 0 Å². The van der Waals surface area contributed by atoms with Crippen LogP contribution in [0.5, 0.6) is 0 Å². The molecule has 0 fully saturated rings. The Balaban J connectivity index is 2.31. The molecule has 0 amide bonds. The molecule has 0 heterocycles. The summed E-state index contributed by atoms with van der Waals surface area (Å²) in [5.41, 5.74) is 9.26. The molecule has 0 aliphatic heterocycles. The van der Waals surface area contributed by atoms with Gasteiger partial charge in [0.25, 0.3) is 0 Å². The Morgan fingerprint density at radius 3 is 2.42 bits per heavy atom. The third-order valence-electron chi connectivity index (χ3n) is 3.17. The first kappa shape index (κ1) is 13.8. The molecule has 0 bridgehead atoms. The summed E-state index contributed by atoms with van der Waals surface area (Å²) < 4.78 is 5.94. The topological polar surface area (TPSA) is 35.2 Å². The third-order valence-corrected chi connectivity index (χ3v) is 3.17. The van der Waals surface area contributed by atoms with Crippen molar-refractivity contribution in [2.75, 3.05) is 13.2 Å². The molecule has 0 unspecified atom stereocenters. The maximum Gasteiger partial charge on any atom is 0.361 e. The van der Waals surface area contributed by atoms with Crippen LogP contribution in [0.15, 0.2) is 54.6 Å². The van der Waals surface area contributed by atoms with Gasteiger partial charge in [0.2, 0.25) is 0 Å². The number of benzene rings is 2. The van der Waals surface area contributed by atoms with Gasteiger partial charge in [0.05, 0.1) is 0 Å². The van der Waals surface area contributed by atoms with Crippen molar-refractivity contribution in [2.45, 2.75) is 13.3 Å². The molecule has 0 saturated heterocycles. The Labute approximate surface area is 115 Å². The van der Waals surface area contributed by atoms with Crippen molar-refractivity contribution in [3.63, 3.8) is 0 Å². The van der Waals surface area contributed by atoms with E-state index in [0.717, 1.165) is 6.42 Å². The van der Waals surface area contributed by atoms with Crippen LogP contribution in [0.4, 0.5) is 0 Å². The van der Waals surface area contributed by atoms with Crippen LogP contribution in [-0.4, -0.2) is 20.1 Å². The summed E-state index contributed by atoms with van der Waals surface area (Å²) in [6, 6.07) is 18.9. The fraction of sp³-hybridized carbons (Fsp3) is 0.250. The Morgan fingerprint density at radius 2 is 1.74 bits per heavy atom. The van der Waals surface area contributed by atoms with E-state index in [9.17, 15) is 0 Å². The van der Waals surface area contributed by atoms with Crippen LogP contribution in [0.1, 0.15) is 12.5 Å². The van der Waals surface area contributed by atoms with E-state index in [1.165, 1.54) is 16.5 Å². The summed E-state index contributed by atoms with van der Waals surface area (Å²) in [4.78, 5) is 0. The standard InChI is InChI=1S/C16H20BNO/c1-2-14-7-6-10-16(13-14)17(19-12-11-18)15-8-4-3-5-9-15/h3-10,13H,2,11-12,18H2,1H3. The Hall–Kier alpha value is -1.58. The molecule has 3 heteroatoms. The predicted molar refractivity (Wildman–Crippen MR) is 82.3 cm³/mol. The van der Waals surface area contributed by atoms with Crippen molar-refractivity contribution in [1.29, 1.82) is 0 Å². The number of hydrogen-bond acceptors (Lipinski definition) is 2. The summed E-state index contributed by atoms with van der Waals surface area (Å²) in [6.07, 6.45) is 1.03. The highest BCUT2D eigenvalue weighted by Gasteiger charge is 2.20. The zero-order valence-electron chi connectivity index (χ0n) is 11.4. The lowest BCUT2D eigenvalue weighted by atomic mass is 9.55. The Kier molecular flexibility index (Phi) is 5.19. The molecule has 0 aromatic heterocycles. The van der Waals surface area contributed by atoms with Crippen LogP contribution in [0, 0.1) is 0 Å². The normalized spacial score (nSPS) is 10.4. The largest absolute Gasteiger partial charge is 0.426 e. The van der Waals surface area contributed by atoms with Crippen molar-refractivity contribution < 1.29 is 4.65 Å². The second-order valence-corrected chi connectivity index (χ2v) is 4.55. The molecule has 2 aromatic rings. The minimum atomic E-state index is -0.0313. The van der Waals surface area contributed by atoms with Crippen molar-refractivity contribution in [2.24, 2.45) is 5.73 Å². The van der Waals surface area contributed by atoms with Crippen LogP contribution in [0.25, 0.3) is 0 Å². The van der Waals surface area contributed by atoms with E-state index >= 15 is 0 Å². The van der Waals surface area contributed by atoms with Gasteiger partial charge in [-0.15, -0.1) is 0 Å². The quantitative estimate of drug-likeness (QED) is 0.788. The van der Waals surface area contributed by atoms with Crippen molar-refractivity contribution in [1.82, 2.24) is 0 Å². The second kappa shape index (κ2) is 7.12. The molecule has 0 aliphatic carbocycles. The smallest absolute Gasteiger partial charge is 0.361 e. The summed E-state index contributed by atoms with van der Waals surface area (Å²) in [7, 11) is 0. The van der Waals surface area contributed by atoms with Gasteiger partial charge in [0, 0.05) is 13.2 Å². The first-order chi connectivity index (χ1) is 9.35. The van der Waals surface area contributed by atoms with Gasteiger partial charge in [-0.05, 0) is 22.9 Å². The van der Waals surface area contributed by atoms with Crippen LogP contribution in [-0.2, 0) is 11.1 Å². The number of nitrogens with two attached hydrogens (primary N) is 1. The maximum atomic E-state index is 5.94. The van der Waals surface area contributed by atoms with E-state index in [-0.39, 0.29) is 6.92 Å². The first-order valence-corrected chi connectivity index (χ1v) is 6.80. The molecule has 0 spiro atoms. The molecule has 19 heavy (non-hydrogen) atoms. The zero-order valence-corrected chi connectivity index (χ0v) is 11.4. The molecule has 0 radical (unpaired) electrons. The minimum absolute atomic E-state index is 0.0313. The van der Waals surface area contributed by atoms with Gasteiger partial charge in [0.15, 0.2) is 0 Å². The second-order valence-electron chi connectivity index (χ2n) is 4.55. The van der Waals surface area contributed by atoms with Crippen molar-refractivity contribution in [3.05, 3.63) is 60.2 Å². The van der Waals surface area contributed by atoms with Crippen LogP contribution < -0.4 is 16.7 Å². The maximum absolute atomic E-state index is 5.94. The molecule has 0 atom stereocenters. The van der Waals surface area contributed by atoms with Gasteiger partial charge in [-0.3, -0.25) is 0 Å².